The smallest absolute Gasteiger partial charge is 0.296 e. The van der Waals surface area contributed by atoms with Gasteiger partial charge in [-0.1, -0.05) is 12.1 Å². The molecule has 0 spiro atoms. The molecule has 3 rings (SSSR count). The molecule has 1 unspecified atom stereocenters. The van der Waals surface area contributed by atoms with Crippen molar-refractivity contribution in [1.29, 1.82) is 0 Å². The minimum atomic E-state index is 0.0884. The molecule has 3 aromatic rings. The van der Waals surface area contributed by atoms with Crippen LogP contribution in [0.4, 0.5) is 6.01 Å². The maximum atomic E-state index is 5.65. The van der Waals surface area contributed by atoms with Gasteiger partial charge in [0.15, 0.2) is 5.58 Å². The molecule has 0 aliphatic heterocycles. The van der Waals surface area contributed by atoms with Crippen molar-refractivity contribution in [2.75, 3.05) is 5.32 Å². The summed E-state index contributed by atoms with van der Waals surface area (Å²) in [4.78, 5) is 4.41. The zero-order chi connectivity index (χ0) is 13.4. The molecule has 4 nitrogen and oxygen atoms in total. The number of nitrogens with zero attached hydrogens (tertiary/aromatic N) is 1. The predicted molar refractivity (Wildman–Crippen MR) is 74.2 cm³/mol. The number of nitrogens with one attached hydrogen (secondary N) is 1. The Morgan fingerprint density at radius 1 is 1.16 bits per heavy atom. The molecule has 19 heavy (non-hydrogen) atoms. The molecule has 0 saturated heterocycles. The first-order valence-corrected chi connectivity index (χ1v) is 6.32. The fourth-order valence-electron chi connectivity index (χ4n) is 2.28. The SMILES string of the molecule is Cc1cc(C(C)Nc2nc3ccccc3o2)c(C)o1. The minimum Gasteiger partial charge on any atom is -0.466 e. The molecular weight excluding hydrogens is 240 g/mol. The molecule has 0 bridgehead atoms. The number of benzene rings is 1. The van der Waals surface area contributed by atoms with E-state index in [0.717, 1.165) is 28.2 Å². The average molecular weight is 256 g/mol. The number of anilines is 1. The molecule has 2 aromatic heterocycles. The summed E-state index contributed by atoms with van der Waals surface area (Å²) in [5.74, 6) is 1.84. The summed E-state index contributed by atoms with van der Waals surface area (Å²) in [5.41, 5.74) is 2.77. The second-order valence-electron chi connectivity index (χ2n) is 4.72. The minimum absolute atomic E-state index is 0.0884. The Morgan fingerprint density at radius 3 is 2.63 bits per heavy atom. The van der Waals surface area contributed by atoms with Crippen molar-refractivity contribution >= 4 is 17.1 Å². The normalized spacial score (nSPS) is 12.8. The van der Waals surface area contributed by atoms with Gasteiger partial charge >= 0.3 is 0 Å². The number of furan rings is 1. The van der Waals surface area contributed by atoms with Gasteiger partial charge in [0.1, 0.15) is 17.0 Å². The van der Waals surface area contributed by atoms with Crippen molar-refractivity contribution in [1.82, 2.24) is 4.98 Å². The van der Waals surface area contributed by atoms with Crippen molar-refractivity contribution < 1.29 is 8.83 Å². The summed E-state index contributed by atoms with van der Waals surface area (Å²) in [7, 11) is 0. The molecular formula is C15H16N2O2. The molecule has 0 aliphatic carbocycles. The Hall–Kier alpha value is -2.23. The van der Waals surface area contributed by atoms with Crippen molar-refractivity contribution in [3.63, 3.8) is 0 Å². The number of para-hydroxylation sites is 2. The first-order valence-electron chi connectivity index (χ1n) is 6.32. The van der Waals surface area contributed by atoms with Crippen molar-refractivity contribution in [2.45, 2.75) is 26.8 Å². The number of hydrogen-bond donors (Lipinski definition) is 1. The highest BCUT2D eigenvalue weighted by atomic mass is 16.4. The molecule has 1 atom stereocenters. The summed E-state index contributed by atoms with van der Waals surface area (Å²) in [6, 6.07) is 10.4. The van der Waals surface area contributed by atoms with Crippen LogP contribution in [-0.4, -0.2) is 4.98 Å². The number of fused-ring (bicyclic) bond motifs is 1. The predicted octanol–water partition coefficient (Wildman–Crippen LogP) is 4.21. The van der Waals surface area contributed by atoms with Gasteiger partial charge in [-0.3, -0.25) is 0 Å². The zero-order valence-electron chi connectivity index (χ0n) is 11.2. The topological polar surface area (TPSA) is 51.2 Å². The van der Waals surface area contributed by atoms with Gasteiger partial charge in [0, 0.05) is 5.56 Å². The first kappa shape index (κ1) is 11.8. The highest BCUT2D eigenvalue weighted by molar-refractivity contribution is 5.74. The molecule has 2 heterocycles. The van der Waals surface area contributed by atoms with Gasteiger partial charge in [-0.15, -0.1) is 0 Å². The lowest BCUT2D eigenvalue weighted by Crippen LogP contribution is -2.06. The van der Waals surface area contributed by atoms with E-state index in [1.807, 2.05) is 44.2 Å². The van der Waals surface area contributed by atoms with E-state index in [4.69, 9.17) is 8.83 Å². The lowest BCUT2D eigenvalue weighted by molar-refractivity contribution is 0.499. The third kappa shape index (κ3) is 2.21. The van der Waals surface area contributed by atoms with Gasteiger partial charge in [-0.2, -0.15) is 4.98 Å². The lowest BCUT2D eigenvalue weighted by atomic mass is 10.1. The number of aryl methyl sites for hydroxylation is 2. The number of hydrogen-bond acceptors (Lipinski definition) is 4. The third-order valence-electron chi connectivity index (χ3n) is 3.18. The van der Waals surface area contributed by atoms with Gasteiger partial charge in [-0.25, -0.2) is 0 Å². The first-order chi connectivity index (χ1) is 9.13. The Morgan fingerprint density at radius 2 is 1.95 bits per heavy atom. The average Bonchev–Trinajstić information content (AvgIpc) is 2.91. The Bertz CT molecular complexity index is 679. The fraction of sp³-hybridized carbons (Fsp3) is 0.267. The van der Waals surface area contributed by atoms with E-state index in [9.17, 15) is 0 Å². The molecule has 4 heteroatoms. The number of aromatic nitrogens is 1. The van der Waals surface area contributed by atoms with Crippen LogP contribution in [0.5, 0.6) is 0 Å². The van der Waals surface area contributed by atoms with Gasteiger partial charge in [-0.05, 0) is 39.0 Å². The molecule has 98 valence electrons. The number of rotatable bonds is 3. The Labute approximate surface area is 111 Å². The highest BCUT2D eigenvalue weighted by Gasteiger charge is 2.15. The van der Waals surface area contributed by atoms with Crippen LogP contribution in [-0.2, 0) is 0 Å². The van der Waals surface area contributed by atoms with Crippen LogP contribution in [0.25, 0.3) is 11.1 Å². The second kappa shape index (κ2) is 4.46. The second-order valence-corrected chi connectivity index (χ2v) is 4.72. The molecule has 0 fully saturated rings. The maximum absolute atomic E-state index is 5.65. The summed E-state index contributed by atoms with van der Waals surface area (Å²) < 4.78 is 11.2. The van der Waals surface area contributed by atoms with E-state index >= 15 is 0 Å². The monoisotopic (exact) mass is 256 g/mol. The molecule has 0 radical (unpaired) electrons. The standard InChI is InChI=1S/C15H16N2O2/c1-9-8-12(11(3)18-9)10(2)16-15-17-13-6-4-5-7-14(13)19-15/h4-8,10H,1-3H3,(H,16,17). The van der Waals surface area contributed by atoms with E-state index < -0.39 is 0 Å². The van der Waals surface area contributed by atoms with Crippen molar-refractivity contribution in [2.24, 2.45) is 0 Å². The van der Waals surface area contributed by atoms with Crippen LogP contribution in [0.3, 0.4) is 0 Å². The van der Waals surface area contributed by atoms with Gasteiger partial charge < -0.3 is 14.2 Å². The van der Waals surface area contributed by atoms with Crippen LogP contribution in [0, 0.1) is 13.8 Å². The molecule has 0 saturated carbocycles. The van der Waals surface area contributed by atoms with E-state index in [2.05, 4.69) is 17.2 Å². The van der Waals surface area contributed by atoms with Crippen LogP contribution in [0.15, 0.2) is 39.2 Å². The van der Waals surface area contributed by atoms with Crippen LogP contribution < -0.4 is 5.32 Å². The van der Waals surface area contributed by atoms with Crippen LogP contribution in [0.2, 0.25) is 0 Å². The van der Waals surface area contributed by atoms with Gasteiger partial charge in [0.05, 0.1) is 6.04 Å². The van der Waals surface area contributed by atoms with E-state index in [1.54, 1.807) is 0 Å². The largest absolute Gasteiger partial charge is 0.466 e. The zero-order valence-corrected chi connectivity index (χ0v) is 11.2. The fourth-order valence-corrected chi connectivity index (χ4v) is 2.28. The third-order valence-corrected chi connectivity index (χ3v) is 3.18. The summed E-state index contributed by atoms with van der Waals surface area (Å²) >= 11 is 0. The van der Waals surface area contributed by atoms with Gasteiger partial charge in [0.2, 0.25) is 0 Å². The highest BCUT2D eigenvalue weighted by Crippen LogP contribution is 2.26. The molecule has 1 aromatic carbocycles. The maximum Gasteiger partial charge on any atom is 0.296 e. The van der Waals surface area contributed by atoms with Crippen LogP contribution >= 0.6 is 0 Å². The van der Waals surface area contributed by atoms with E-state index in [-0.39, 0.29) is 6.04 Å². The lowest BCUT2D eigenvalue weighted by Gasteiger charge is -2.10. The quantitative estimate of drug-likeness (QED) is 0.762. The Balaban J connectivity index is 1.86. The molecule has 1 N–H and O–H groups in total. The van der Waals surface area contributed by atoms with E-state index in [1.165, 1.54) is 0 Å². The van der Waals surface area contributed by atoms with E-state index in [0.29, 0.717) is 6.01 Å². The van der Waals surface area contributed by atoms with Gasteiger partial charge in [0.25, 0.3) is 6.01 Å². The van der Waals surface area contributed by atoms with Crippen molar-refractivity contribution in [3.05, 3.63) is 47.4 Å². The van der Waals surface area contributed by atoms with Crippen LogP contribution in [0.1, 0.15) is 30.0 Å². The summed E-state index contributed by atoms with van der Waals surface area (Å²) in [5, 5.41) is 3.26. The summed E-state index contributed by atoms with van der Waals surface area (Å²) in [6.45, 7) is 5.97. The number of oxazole rings is 1. The van der Waals surface area contributed by atoms with Crippen molar-refractivity contribution in [3.8, 4) is 0 Å². The molecule has 0 amide bonds. The molecule has 0 aliphatic rings. The Kier molecular flexibility index (Phi) is 2.78. The summed E-state index contributed by atoms with van der Waals surface area (Å²) in [6.07, 6.45) is 0.